The summed E-state index contributed by atoms with van der Waals surface area (Å²) in [4.78, 5) is 4.25. The van der Waals surface area contributed by atoms with Crippen molar-refractivity contribution >= 4 is 37.6 Å². The number of fused-ring (bicyclic) bond motifs is 3. The van der Waals surface area contributed by atoms with Gasteiger partial charge in [-0.3, -0.25) is 14.8 Å². The molecule has 0 aliphatic rings. The highest BCUT2D eigenvalue weighted by Gasteiger charge is 2.18. The monoisotopic (exact) mass is 403 g/mol. The standard InChI is InChI=1S/C21H17N5O2S/c1-26-19-7-3-2-6-16(19)17-11-15(8-9-20(17)26)29(27,28)25-21-12-18(23-24-21)14-5-4-10-22-13-14/h2-13H,1H3,(H2,23,24,25). The highest BCUT2D eigenvalue weighted by atomic mass is 32.2. The summed E-state index contributed by atoms with van der Waals surface area (Å²) in [6.07, 6.45) is 3.35. The number of hydrogen-bond acceptors (Lipinski definition) is 4. The summed E-state index contributed by atoms with van der Waals surface area (Å²) in [5.74, 6) is 0.224. The molecule has 0 amide bonds. The molecule has 0 spiro atoms. The lowest BCUT2D eigenvalue weighted by Gasteiger charge is -2.06. The van der Waals surface area contributed by atoms with E-state index in [-0.39, 0.29) is 10.7 Å². The molecule has 3 heterocycles. The van der Waals surface area contributed by atoms with Gasteiger partial charge in [0.25, 0.3) is 10.0 Å². The van der Waals surface area contributed by atoms with E-state index >= 15 is 0 Å². The first kappa shape index (κ1) is 17.4. The minimum atomic E-state index is -3.79. The maximum Gasteiger partial charge on any atom is 0.263 e. The summed E-state index contributed by atoms with van der Waals surface area (Å²) < 4.78 is 30.5. The normalized spacial score (nSPS) is 11.9. The molecule has 2 aromatic carbocycles. The van der Waals surface area contributed by atoms with Gasteiger partial charge in [0.2, 0.25) is 0 Å². The first-order valence-corrected chi connectivity index (χ1v) is 10.5. The lowest BCUT2D eigenvalue weighted by molar-refractivity contribution is 0.601. The third-order valence-corrected chi connectivity index (χ3v) is 6.34. The van der Waals surface area contributed by atoms with Crippen LogP contribution in [0.5, 0.6) is 0 Å². The van der Waals surface area contributed by atoms with Crippen molar-refractivity contribution in [2.24, 2.45) is 7.05 Å². The topological polar surface area (TPSA) is 92.7 Å². The van der Waals surface area contributed by atoms with E-state index in [0.29, 0.717) is 5.69 Å². The highest BCUT2D eigenvalue weighted by Crippen LogP contribution is 2.30. The number of rotatable bonds is 4. The third kappa shape index (κ3) is 2.94. The average molecular weight is 403 g/mol. The van der Waals surface area contributed by atoms with Gasteiger partial charge in [0, 0.05) is 52.9 Å². The number of nitrogens with zero attached hydrogens (tertiary/aromatic N) is 3. The summed E-state index contributed by atoms with van der Waals surface area (Å²) in [5, 5.41) is 8.81. The number of aromatic amines is 1. The summed E-state index contributed by atoms with van der Waals surface area (Å²) in [6.45, 7) is 0. The molecule has 0 saturated heterocycles. The Morgan fingerprint density at radius 1 is 0.966 bits per heavy atom. The number of pyridine rings is 1. The van der Waals surface area contributed by atoms with Crippen molar-refractivity contribution in [3.63, 3.8) is 0 Å². The number of hydrogen-bond donors (Lipinski definition) is 2. The van der Waals surface area contributed by atoms with E-state index in [4.69, 9.17) is 0 Å². The first-order chi connectivity index (χ1) is 14.0. The number of anilines is 1. The van der Waals surface area contributed by atoms with Crippen LogP contribution in [0.25, 0.3) is 33.1 Å². The molecule has 0 atom stereocenters. The van der Waals surface area contributed by atoms with Gasteiger partial charge in [-0.15, -0.1) is 0 Å². The van der Waals surface area contributed by atoms with Crippen LogP contribution in [0.4, 0.5) is 5.82 Å². The van der Waals surface area contributed by atoms with Crippen LogP contribution in [0.1, 0.15) is 0 Å². The van der Waals surface area contributed by atoms with Crippen LogP contribution in [0.15, 0.2) is 78.0 Å². The zero-order valence-electron chi connectivity index (χ0n) is 15.5. The van der Waals surface area contributed by atoms with Gasteiger partial charge < -0.3 is 4.57 Å². The summed E-state index contributed by atoms with van der Waals surface area (Å²) in [7, 11) is -1.82. The molecule has 8 heteroatoms. The Labute approximate surface area is 167 Å². The molecule has 0 fully saturated rings. The second kappa shape index (κ2) is 6.46. The fraction of sp³-hybridized carbons (Fsp3) is 0.0476. The predicted molar refractivity (Wildman–Crippen MR) is 113 cm³/mol. The van der Waals surface area contributed by atoms with Crippen molar-refractivity contribution in [2.45, 2.75) is 4.90 Å². The van der Waals surface area contributed by atoms with Crippen LogP contribution in [-0.4, -0.2) is 28.2 Å². The molecule has 3 aromatic heterocycles. The molecular weight excluding hydrogens is 386 g/mol. The van der Waals surface area contributed by atoms with Crippen molar-refractivity contribution < 1.29 is 8.42 Å². The number of aromatic nitrogens is 4. The van der Waals surface area contributed by atoms with Crippen molar-refractivity contribution in [2.75, 3.05) is 4.72 Å². The highest BCUT2D eigenvalue weighted by molar-refractivity contribution is 7.92. The SMILES string of the molecule is Cn1c2ccccc2c2cc(S(=O)(=O)Nc3cc(-c4cccnc4)[nH]n3)ccc21. The zero-order chi connectivity index (χ0) is 20.0. The van der Waals surface area contributed by atoms with Gasteiger partial charge >= 0.3 is 0 Å². The number of H-pyrrole nitrogens is 1. The molecular formula is C21H17N5O2S. The summed E-state index contributed by atoms with van der Waals surface area (Å²) >= 11 is 0. The van der Waals surface area contributed by atoms with Crippen LogP contribution >= 0.6 is 0 Å². The van der Waals surface area contributed by atoms with Gasteiger partial charge in [0.15, 0.2) is 5.82 Å². The van der Waals surface area contributed by atoms with Gasteiger partial charge in [-0.2, -0.15) is 5.10 Å². The molecule has 0 aliphatic carbocycles. The third-order valence-electron chi connectivity index (χ3n) is 4.98. The Hall–Kier alpha value is -3.65. The summed E-state index contributed by atoms with van der Waals surface area (Å²) in [6, 6.07) is 18.4. The minimum Gasteiger partial charge on any atom is -0.344 e. The van der Waals surface area contributed by atoms with E-state index in [1.807, 2.05) is 43.4 Å². The number of sulfonamides is 1. The second-order valence-corrected chi connectivity index (χ2v) is 8.45. The molecule has 7 nitrogen and oxygen atoms in total. The Kier molecular flexibility index (Phi) is 3.88. The fourth-order valence-electron chi connectivity index (χ4n) is 3.55. The lowest BCUT2D eigenvalue weighted by atomic mass is 10.1. The molecule has 0 radical (unpaired) electrons. The van der Waals surface area contributed by atoms with Crippen LogP contribution < -0.4 is 4.72 Å². The molecule has 5 aromatic rings. The average Bonchev–Trinajstić information content (AvgIpc) is 3.32. The molecule has 0 bridgehead atoms. The van der Waals surface area contributed by atoms with Crippen LogP contribution in [0.2, 0.25) is 0 Å². The molecule has 0 unspecified atom stereocenters. The molecule has 29 heavy (non-hydrogen) atoms. The lowest BCUT2D eigenvalue weighted by Crippen LogP contribution is -2.13. The van der Waals surface area contributed by atoms with Crippen molar-refractivity contribution in [1.29, 1.82) is 0 Å². The minimum absolute atomic E-state index is 0.187. The fourth-order valence-corrected chi connectivity index (χ4v) is 4.57. The molecule has 2 N–H and O–H groups in total. The molecule has 0 saturated carbocycles. The quantitative estimate of drug-likeness (QED) is 0.476. The van der Waals surface area contributed by atoms with Crippen LogP contribution in [0.3, 0.4) is 0 Å². The van der Waals surface area contributed by atoms with Crippen molar-refractivity contribution in [3.8, 4) is 11.3 Å². The van der Waals surface area contributed by atoms with Gasteiger partial charge in [-0.1, -0.05) is 18.2 Å². The van der Waals surface area contributed by atoms with E-state index in [1.165, 1.54) is 0 Å². The van der Waals surface area contributed by atoms with Gasteiger partial charge in [-0.25, -0.2) is 8.42 Å². The Morgan fingerprint density at radius 3 is 2.62 bits per heavy atom. The number of para-hydroxylation sites is 1. The number of nitrogens with one attached hydrogen (secondary N) is 2. The number of aryl methyl sites for hydroxylation is 1. The maximum atomic E-state index is 12.9. The molecule has 5 rings (SSSR count). The molecule has 144 valence electrons. The Morgan fingerprint density at radius 2 is 1.79 bits per heavy atom. The van der Waals surface area contributed by atoms with Crippen LogP contribution in [-0.2, 0) is 17.1 Å². The smallest absolute Gasteiger partial charge is 0.263 e. The van der Waals surface area contributed by atoms with E-state index in [9.17, 15) is 8.42 Å². The van der Waals surface area contributed by atoms with Gasteiger partial charge in [0.1, 0.15) is 0 Å². The zero-order valence-corrected chi connectivity index (χ0v) is 16.3. The Bertz CT molecular complexity index is 1450. The predicted octanol–water partition coefficient (Wildman–Crippen LogP) is 3.92. The van der Waals surface area contributed by atoms with Crippen molar-refractivity contribution in [3.05, 3.63) is 73.1 Å². The summed E-state index contributed by atoms with van der Waals surface area (Å²) in [5.41, 5.74) is 3.53. The second-order valence-electron chi connectivity index (χ2n) is 6.77. The Balaban J connectivity index is 1.52. The van der Waals surface area contributed by atoms with E-state index in [0.717, 1.165) is 27.4 Å². The van der Waals surface area contributed by atoms with E-state index < -0.39 is 10.0 Å². The largest absolute Gasteiger partial charge is 0.344 e. The van der Waals surface area contributed by atoms with Gasteiger partial charge in [0.05, 0.1) is 10.6 Å². The van der Waals surface area contributed by atoms with Crippen molar-refractivity contribution in [1.82, 2.24) is 19.7 Å². The first-order valence-electron chi connectivity index (χ1n) is 8.99. The molecule has 0 aliphatic heterocycles. The van der Waals surface area contributed by atoms with Crippen LogP contribution in [0, 0.1) is 0 Å². The number of benzene rings is 2. The van der Waals surface area contributed by atoms with E-state index in [2.05, 4.69) is 24.5 Å². The maximum absolute atomic E-state index is 12.9. The van der Waals surface area contributed by atoms with E-state index in [1.54, 1.807) is 36.7 Å². The van der Waals surface area contributed by atoms with Gasteiger partial charge in [-0.05, 0) is 36.4 Å².